The van der Waals surface area contributed by atoms with Crippen molar-refractivity contribution >= 4 is 5.91 Å². The number of nitrogens with one attached hydrogen (secondary N) is 1. The number of carbonyl (C=O) groups excluding carboxylic acids is 1. The van der Waals surface area contributed by atoms with E-state index in [1.54, 1.807) is 6.20 Å². The monoisotopic (exact) mass is 320 g/mol. The lowest BCUT2D eigenvalue weighted by atomic mass is 10.1. The molecule has 0 aromatic carbocycles. The number of aromatic nitrogens is 2. The molecule has 23 heavy (non-hydrogen) atoms. The van der Waals surface area contributed by atoms with Crippen molar-refractivity contribution in [3.63, 3.8) is 0 Å². The van der Waals surface area contributed by atoms with Gasteiger partial charge in [-0.05, 0) is 44.3 Å². The third-order valence-corrected chi connectivity index (χ3v) is 4.80. The molecule has 0 bridgehead atoms. The van der Waals surface area contributed by atoms with Crippen LogP contribution in [0, 0.1) is 0 Å². The first kappa shape index (κ1) is 16.5. The van der Waals surface area contributed by atoms with E-state index in [9.17, 15) is 4.79 Å². The summed E-state index contributed by atoms with van der Waals surface area (Å²) >= 11 is 0. The van der Waals surface area contributed by atoms with Crippen molar-refractivity contribution < 1.29 is 9.53 Å². The number of aromatic amines is 1. The molecule has 0 aliphatic carbocycles. The second kappa shape index (κ2) is 8.45. The lowest BCUT2D eigenvalue weighted by molar-refractivity contribution is -0.132. The van der Waals surface area contributed by atoms with E-state index in [4.69, 9.17) is 4.74 Å². The molecule has 1 aromatic heterocycles. The van der Waals surface area contributed by atoms with Crippen LogP contribution in [0.2, 0.25) is 0 Å². The average Bonchev–Trinajstić information content (AvgIpc) is 2.99. The SMILES string of the molecule is O=C(CCc1cn[nH]c1)N1CCCOC(CN2CCCCC2)C1. The molecule has 1 aromatic rings. The van der Waals surface area contributed by atoms with Crippen molar-refractivity contribution in [1.82, 2.24) is 20.0 Å². The van der Waals surface area contributed by atoms with Gasteiger partial charge in [-0.3, -0.25) is 9.89 Å². The number of nitrogens with zero attached hydrogens (tertiary/aromatic N) is 3. The van der Waals surface area contributed by atoms with Crippen LogP contribution >= 0.6 is 0 Å². The molecule has 6 nitrogen and oxygen atoms in total. The number of rotatable bonds is 5. The van der Waals surface area contributed by atoms with Crippen LogP contribution in [-0.2, 0) is 16.0 Å². The second-order valence-corrected chi connectivity index (χ2v) is 6.65. The highest BCUT2D eigenvalue weighted by atomic mass is 16.5. The summed E-state index contributed by atoms with van der Waals surface area (Å²) in [4.78, 5) is 17.0. The van der Waals surface area contributed by atoms with E-state index in [0.717, 1.165) is 44.6 Å². The first-order chi connectivity index (χ1) is 11.3. The van der Waals surface area contributed by atoms with Gasteiger partial charge < -0.3 is 14.5 Å². The zero-order chi connectivity index (χ0) is 15.9. The fourth-order valence-corrected chi connectivity index (χ4v) is 3.49. The van der Waals surface area contributed by atoms with Crippen LogP contribution < -0.4 is 0 Å². The molecular formula is C17H28N4O2. The van der Waals surface area contributed by atoms with Gasteiger partial charge in [0.15, 0.2) is 0 Å². The number of H-pyrrole nitrogens is 1. The number of hydrogen-bond acceptors (Lipinski definition) is 4. The van der Waals surface area contributed by atoms with Crippen molar-refractivity contribution in [2.24, 2.45) is 0 Å². The maximum absolute atomic E-state index is 12.5. The summed E-state index contributed by atoms with van der Waals surface area (Å²) in [6, 6.07) is 0. The predicted octanol–water partition coefficient (Wildman–Crippen LogP) is 1.45. The number of likely N-dealkylation sites (tertiary alicyclic amines) is 1. The average molecular weight is 320 g/mol. The minimum absolute atomic E-state index is 0.161. The Bertz CT molecular complexity index is 471. The standard InChI is InChI=1S/C17H28N4O2/c22-17(6-5-15-11-18-19-12-15)21-9-4-10-23-16(14-21)13-20-7-2-1-3-8-20/h11-12,16H,1-10,13-14H2,(H,18,19). The Hall–Kier alpha value is -1.40. The molecule has 6 heteroatoms. The zero-order valence-corrected chi connectivity index (χ0v) is 13.9. The molecule has 0 saturated carbocycles. The zero-order valence-electron chi connectivity index (χ0n) is 13.9. The maximum Gasteiger partial charge on any atom is 0.222 e. The minimum atomic E-state index is 0.161. The summed E-state index contributed by atoms with van der Waals surface area (Å²) in [6.45, 7) is 5.64. The molecule has 128 valence electrons. The van der Waals surface area contributed by atoms with E-state index in [1.807, 2.05) is 11.1 Å². The number of ether oxygens (including phenoxy) is 1. The van der Waals surface area contributed by atoms with Crippen molar-refractivity contribution in [2.45, 2.75) is 44.6 Å². The molecule has 3 heterocycles. The predicted molar refractivity (Wildman–Crippen MR) is 88.1 cm³/mol. The van der Waals surface area contributed by atoms with Crippen molar-refractivity contribution in [1.29, 1.82) is 0 Å². The summed E-state index contributed by atoms with van der Waals surface area (Å²) in [5, 5.41) is 6.72. The highest BCUT2D eigenvalue weighted by Crippen LogP contribution is 2.14. The normalized spacial score (nSPS) is 23.7. The van der Waals surface area contributed by atoms with E-state index >= 15 is 0 Å². The molecular weight excluding hydrogens is 292 g/mol. The topological polar surface area (TPSA) is 61.5 Å². The van der Waals surface area contributed by atoms with Crippen LogP contribution in [0.3, 0.4) is 0 Å². The van der Waals surface area contributed by atoms with E-state index < -0.39 is 0 Å². The van der Waals surface area contributed by atoms with E-state index in [1.165, 1.54) is 32.4 Å². The summed E-state index contributed by atoms with van der Waals surface area (Å²) in [7, 11) is 0. The van der Waals surface area contributed by atoms with Crippen molar-refractivity contribution in [3.8, 4) is 0 Å². The molecule has 1 N–H and O–H groups in total. The van der Waals surface area contributed by atoms with Gasteiger partial charge in [-0.1, -0.05) is 6.42 Å². The van der Waals surface area contributed by atoms with Crippen LogP contribution in [0.4, 0.5) is 0 Å². The van der Waals surface area contributed by atoms with Gasteiger partial charge in [-0.2, -0.15) is 5.10 Å². The Labute approximate surface area is 138 Å². The van der Waals surface area contributed by atoms with Crippen LogP contribution in [0.1, 0.15) is 37.7 Å². The Kier molecular flexibility index (Phi) is 6.05. The summed E-state index contributed by atoms with van der Waals surface area (Å²) < 4.78 is 5.99. The largest absolute Gasteiger partial charge is 0.375 e. The number of piperidine rings is 1. The van der Waals surface area contributed by atoms with E-state index in [0.29, 0.717) is 6.42 Å². The Morgan fingerprint density at radius 2 is 2.13 bits per heavy atom. The van der Waals surface area contributed by atoms with Gasteiger partial charge in [-0.25, -0.2) is 0 Å². The molecule has 2 fully saturated rings. The lowest BCUT2D eigenvalue weighted by Gasteiger charge is -2.31. The van der Waals surface area contributed by atoms with Gasteiger partial charge in [0.25, 0.3) is 0 Å². The van der Waals surface area contributed by atoms with E-state index in [-0.39, 0.29) is 12.0 Å². The number of carbonyl (C=O) groups is 1. The summed E-state index contributed by atoms with van der Waals surface area (Å²) in [5.74, 6) is 0.236. The van der Waals surface area contributed by atoms with Gasteiger partial charge in [0, 0.05) is 38.9 Å². The Balaban J connectivity index is 1.48. The van der Waals surface area contributed by atoms with Gasteiger partial charge >= 0.3 is 0 Å². The molecule has 1 unspecified atom stereocenters. The first-order valence-electron chi connectivity index (χ1n) is 8.90. The molecule has 0 radical (unpaired) electrons. The van der Waals surface area contributed by atoms with Gasteiger partial charge in [0.1, 0.15) is 0 Å². The smallest absolute Gasteiger partial charge is 0.222 e. The third kappa shape index (κ3) is 5.04. The fraction of sp³-hybridized carbons (Fsp3) is 0.765. The number of amides is 1. The lowest BCUT2D eigenvalue weighted by Crippen LogP contribution is -2.43. The number of aryl methyl sites for hydroxylation is 1. The molecule has 1 amide bonds. The highest BCUT2D eigenvalue weighted by Gasteiger charge is 2.24. The molecule has 0 spiro atoms. The molecule has 3 rings (SSSR count). The molecule has 2 aliphatic rings. The van der Waals surface area contributed by atoms with Crippen LogP contribution in [0.15, 0.2) is 12.4 Å². The highest BCUT2D eigenvalue weighted by molar-refractivity contribution is 5.76. The molecule has 2 saturated heterocycles. The maximum atomic E-state index is 12.5. The van der Waals surface area contributed by atoms with Crippen LogP contribution in [0.5, 0.6) is 0 Å². The Morgan fingerprint density at radius 1 is 1.26 bits per heavy atom. The van der Waals surface area contributed by atoms with Crippen molar-refractivity contribution in [2.75, 3.05) is 39.3 Å². The first-order valence-corrected chi connectivity index (χ1v) is 8.90. The fourth-order valence-electron chi connectivity index (χ4n) is 3.49. The number of hydrogen-bond donors (Lipinski definition) is 1. The molecule has 1 atom stereocenters. The van der Waals surface area contributed by atoms with Gasteiger partial charge in [-0.15, -0.1) is 0 Å². The third-order valence-electron chi connectivity index (χ3n) is 4.80. The Morgan fingerprint density at radius 3 is 2.91 bits per heavy atom. The summed E-state index contributed by atoms with van der Waals surface area (Å²) in [6.07, 6.45) is 9.98. The van der Waals surface area contributed by atoms with E-state index in [2.05, 4.69) is 15.1 Å². The minimum Gasteiger partial charge on any atom is -0.375 e. The summed E-state index contributed by atoms with van der Waals surface area (Å²) in [5.41, 5.74) is 1.09. The van der Waals surface area contributed by atoms with Gasteiger partial charge in [0.2, 0.25) is 5.91 Å². The van der Waals surface area contributed by atoms with Crippen LogP contribution in [0.25, 0.3) is 0 Å². The molecule has 2 aliphatic heterocycles. The van der Waals surface area contributed by atoms with Gasteiger partial charge in [0.05, 0.1) is 12.3 Å². The second-order valence-electron chi connectivity index (χ2n) is 6.65. The van der Waals surface area contributed by atoms with Crippen LogP contribution in [-0.4, -0.2) is 71.3 Å². The quantitative estimate of drug-likeness (QED) is 0.892. The van der Waals surface area contributed by atoms with Crippen molar-refractivity contribution in [3.05, 3.63) is 18.0 Å².